The number of halogens is 2. The van der Waals surface area contributed by atoms with Gasteiger partial charge in [-0.25, -0.2) is 19.2 Å². The minimum Gasteiger partial charge on any atom is -0.493 e. The van der Waals surface area contributed by atoms with E-state index in [-0.39, 0.29) is 17.1 Å². The number of morpholine rings is 1. The number of carbonyl (C=O) groups excluding carboxylic acids is 1. The minimum absolute atomic E-state index is 0.00454. The van der Waals surface area contributed by atoms with Gasteiger partial charge in [0.15, 0.2) is 17.6 Å². The van der Waals surface area contributed by atoms with Crippen LogP contribution in [0.5, 0.6) is 11.5 Å². The highest BCUT2D eigenvalue weighted by Crippen LogP contribution is 2.36. The molecule has 0 saturated carbocycles. The minimum atomic E-state index is -0.581. The van der Waals surface area contributed by atoms with E-state index in [9.17, 15) is 9.18 Å². The van der Waals surface area contributed by atoms with E-state index in [0.717, 1.165) is 0 Å². The van der Waals surface area contributed by atoms with Crippen molar-refractivity contribution < 1.29 is 23.4 Å². The first kappa shape index (κ1) is 24.9. The van der Waals surface area contributed by atoms with Crippen molar-refractivity contribution >= 4 is 40.0 Å². The van der Waals surface area contributed by atoms with Crippen molar-refractivity contribution in [1.82, 2.24) is 20.2 Å². The summed E-state index contributed by atoms with van der Waals surface area (Å²) >= 11 is 5.93. The third-order valence-electron chi connectivity index (χ3n) is 6.15. The lowest BCUT2D eigenvalue weighted by molar-refractivity contribution is 0.0511. The van der Waals surface area contributed by atoms with Crippen LogP contribution in [0.2, 0.25) is 5.02 Å². The molecule has 2 aromatic carbocycles. The number of benzene rings is 2. The highest BCUT2D eigenvalue weighted by atomic mass is 35.5. The summed E-state index contributed by atoms with van der Waals surface area (Å²) in [6, 6.07) is 7.36. The number of fused-ring (bicyclic) bond motifs is 1. The number of hydrogen-bond donors (Lipinski definition) is 2. The van der Waals surface area contributed by atoms with Crippen molar-refractivity contribution in [3.63, 3.8) is 0 Å². The Morgan fingerprint density at radius 1 is 1.22 bits per heavy atom. The zero-order valence-electron chi connectivity index (χ0n) is 20.1. The lowest BCUT2D eigenvalue weighted by Gasteiger charge is -2.32. The summed E-state index contributed by atoms with van der Waals surface area (Å²) in [7, 11) is 1.54. The highest BCUT2D eigenvalue weighted by Gasteiger charge is 2.29. The molecule has 1 aromatic heterocycles. The van der Waals surface area contributed by atoms with Crippen LogP contribution in [0.3, 0.4) is 0 Å². The smallest absolute Gasteiger partial charge is 0.317 e. The van der Waals surface area contributed by atoms with Gasteiger partial charge in [0.05, 0.1) is 36.9 Å². The van der Waals surface area contributed by atoms with Gasteiger partial charge in [0, 0.05) is 36.7 Å². The maximum absolute atomic E-state index is 13.6. The van der Waals surface area contributed by atoms with Crippen LogP contribution in [0, 0.1) is 17.7 Å². The maximum atomic E-state index is 13.6. The number of aromatic nitrogens is 2. The van der Waals surface area contributed by atoms with Crippen molar-refractivity contribution in [2.45, 2.75) is 25.0 Å². The van der Waals surface area contributed by atoms with Crippen LogP contribution in [-0.4, -0.2) is 66.5 Å². The van der Waals surface area contributed by atoms with Crippen LogP contribution in [0.4, 0.5) is 20.7 Å². The Morgan fingerprint density at radius 2 is 2.05 bits per heavy atom. The second-order valence-electron chi connectivity index (χ2n) is 8.55. The number of methoxy groups -OCH3 is 1. The van der Waals surface area contributed by atoms with Crippen LogP contribution in [0.25, 0.3) is 10.9 Å². The number of nitrogens with one attached hydrogen (secondary N) is 2. The van der Waals surface area contributed by atoms with Gasteiger partial charge in [-0.2, -0.15) is 0 Å². The number of carbonyl (C=O) groups is 1. The van der Waals surface area contributed by atoms with Crippen LogP contribution in [0.1, 0.15) is 12.8 Å². The molecule has 1 aliphatic carbocycles. The van der Waals surface area contributed by atoms with Gasteiger partial charge < -0.3 is 29.7 Å². The summed E-state index contributed by atoms with van der Waals surface area (Å²) in [5, 5.41) is 6.87. The molecule has 2 N–H and O–H groups in total. The Hall–Kier alpha value is -3.81. The van der Waals surface area contributed by atoms with Crippen LogP contribution in [0.15, 0.2) is 36.7 Å². The van der Waals surface area contributed by atoms with Crippen molar-refractivity contribution in [3.8, 4) is 23.3 Å². The van der Waals surface area contributed by atoms with Crippen molar-refractivity contribution in [3.05, 3.63) is 47.5 Å². The zero-order chi connectivity index (χ0) is 25.8. The van der Waals surface area contributed by atoms with Crippen LogP contribution < -0.4 is 20.1 Å². The molecular weight excluding hydrogens is 501 g/mol. The average Bonchev–Trinajstić information content (AvgIpc) is 2.92. The molecule has 5 rings (SSSR count). The van der Waals surface area contributed by atoms with E-state index in [1.807, 2.05) is 0 Å². The molecule has 37 heavy (non-hydrogen) atoms. The Kier molecular flexibility index (Phi) is 7.44. The Balaban J connectivity index is 1.41. The van der Waals surface area contributed by atoms with Gasteiger partial charge in [0.25, 0.3) is 0 Å². The summed E-state index contributed by atoms with van der Waals surface area (Å²) in [6.45, 7) is 2.13. The van der Waals surface area contributed by atoms with Gasteiger partial charge in [0.1, 0.15) is 18.0 Å². The molecule has 1 aliphatic heterocycles. The SMILES string of the molecule is COc1cc2ncnc(Nc3ccc(F)c(Cl)c3)c2cc1O[C@@H]1C#CCC[C@H]1NC(=O)N1CCOCC1. The maximum Gasteiger partial charge on any atom is 0.317 e. The van der Waals surface area contributed by atoms with Crippen molar-refractivity contribution in [2.24, 2.45) is 0 Å². The lowest BCUT2D eigenvalue weighted by atomic mass is 10.0. The molecule has 3 aromatic rings. The van der Waals surface area contributed by atoms with E-state index in [4.69, 9.17) is 25.8 Å². The number of nitrogens with zero attached hydrogens (tertiary/aromatic N) is 3. The predicted octanol–water partition coefficient (Wildman–Crippen LogP) is 4.13. The van der Waals surface area contributed by atoms with Crippen molar-refractivity contribution in [2.75, 3.05) is 38.7 Å². The molecular formula is C26H25ClFN5O4. The Bertz CT molecular complexity index is 1370. The molecule has 1 saturated heterocycles. The molecule has 0 bridgehead atoms. The zero-order valence-corrected chi connectivity index (χ0v) is 20.8. The Morgan fingerprint density at radius 3 is 2.84 bits per heavy atom. The fourth-order valence-electron chi connectivity index (χ4n) is 4.19. The summed E-state index contributed by atoms with van der Waals surface area (Å²) in [5.41, 5.74) is 1.18. The number of amides is 2. The molecule has 2 heterocycles. The van der Waals surface area contributed by atoms with Gasteiger partial charge >= 0.3 is 6.03 Å². The molecule has 0 unspecified atom stereocenters. The number of hydrogen-bond acceptors (Lipinski definition) is 7. The second-order valence-corrected chi connectivity index (χ2v) is 8.96. The van der Waals surface area contributed by atoms with E-state index < -0.39 is 11.9 Å². The van der Waals surface area contributed by atoms with E-state index in [1.165, 1.54) is 18.5 Å². The third-order valence-corrected chi connectivity index (χ3v) is 6.44. The first-order valence-electron chi connectivity index (χ1n) is 11.8. The van der Waals surface area contributed by atoms with Crippen LogP contribution >= 0.6 is 11.6 Å². The molecule has 1 fully saturated rings. The number of ether oxygens (including phenoxy) is 3. The topological polar surface area (TPSA) is 97.8 Å². The molecule has 0 spiro atoms. The largest absolute Gasteiger partial charge is 0.493 e. The molecule has 0 radical (unpaired) electrons. The monoisotopic (exact) mass is 525 g/mol. The standard InChI is InChI=1S/C26H25ClFN5O4/c1-35-23-14-21-17(25(30-15-29-21)31-16-6-7-19(28)18(27)12-16)13-24(23)37-22-5-3-2-4-20(22)32-26(34)33-8-10-36-11-9-33/h6-7,12-15,20,22H,2,4,8-11H2,1H3,(H,32,34)(H,29,30,31)/t20-,22-/m1/s1. The molecule has 192 valence electrons. The van der Waals surface area contributed by atoms with Gasteiger partial charge in [-0.3, -0.25) is 0 Å². The van der Waals surface area contributed by atoms with Gasteiger partial charge in [0.2, 0.25) is 0 Å². The number of rotatable bonds is 6. The Labute approximate surface area is 218 Å². The third kappa shape index (κ3) is 5.63. The quantitative estimate of drug-likeness (QED) is 0.467. The van der Waals surface area contributed by atoms with Crippen molar-refractivity contribution in [1.29, 1.82) is 0 Å². The summed E-state index contributed by atoms with van der Waals surface area (Å²) in [5.74, 6) is 7.06. The number of urea groups is 1. The highest BCUT2D eigenvalue weighted by molar-refractivity contribution is 6.31. The normalized spacial score (nSPS) is 19.1. The van der Waals surface area contributed by atoms with Crippen LogP contribution in [-0.2, 0) is 4.74 Å². The van der Waals surface area contributed by atoms with E-state index in [0.29, 0.717) is 73.1 Å². The summed E-state index contributed by atoms with van der Waals surface area (Å²) in [6.07, 6.45) is 2.15. The van der Waals surface area contributed by atoms with E-state index in [2.05, 4.69) is 32.4 Å². The van der Waals surface area contributed by atoms with E-state index >= 15 is 0 Å². The van der Waals surface area contributed by atoms with Gasteiger partial charge in [-0.05, 0) is 30.7 Å². The van der Waals surface area contributed by atoms with Gasteiger partial charge in [-0.15, -0.1) is 0 Å². The predicted molar refractivity (Wildman–Crippen MR) is 137 cm³/mol. The fourth-order valence-corrected chi connectivity index (χ4v) is 4.37. The molecule has 9 nitrogen and oxygen atoms in total. The summed E-state index contributed by atoms with van der Waals surface area (Å²) < 4.78 is 30.8. The molecule has 2 atom stereocenters. The average molecular weight is 526 g/mol. The number of anilines is 2. The van der Waals surface area contributed by atoms with Gasteiger partial charge in [-0.1, -0.05) is 23.4 Å². The molecule has 11 heteroatoms. The fraction of sp³-hybridized carbons (Fsp3) is 0.346. The molecule has 2 amide bonds. The first-order valence-corrected chi connectivity index (χ1v) is 12.2. The second kappa shape index (κ2) is 11.1. The van der Waals surface area contributed by atoms with E-state index in [1.54, 1.807) is 30.2 Å². The first-order chi connectivity index (χ1) is 18.0. The summed E-state index contributed by atoms with van der Waals surface area (Å²) in [4.78, 5) is 23.2. The molecule has 2 aliphatic rings. The lowest BCUT2D eigenvalue weighted by Crippen LogP contribution is -2.53.